The minimum atomic E-state index is 0.156. The lowest BCUT2D eigenvalue weighted by molar-refractivity contribution is 0.0553. The quantitative estimate of drug-likeness (QED) is 0.818. The van der Waals surface area contributed by atoms with Crippen LogP contribution in [0.4, 0.5) is 0 Å². The van der Waals surface area contributed by atoms with E-state index in [1.54, 1.807) is 0 Å². The van der Waals surface area contributed by atoms with Crippen molar-refractivity contribution in [2.45, 2.75) is 6.10 Å². The van der Waals surface area contributed by atoms with Gasteiger partial charge in [-0.1, -0.05) is 12.1 Å². The Morgan fingerprint density at radius 1 is 1.18 bits per heavy atom. The topological polar surface area (TPSA) is 33.7 Å². The summed E-state index contributed by atoms with van der Waals surface area (Å²) < 4.78 is 11.7. The van der Waals surface area contributed by atoms with Crippen molar-refractivity contribution in [1.82, 2.24) is 10.2 Å². The molecule has 0 aromatic heterocycles. The van der Waals surface area contributed by atoms with Gasteiger partial charge in [0.1, 0.15) is 12.7 Å². The molecular weight excluding hydrogens is 216 g/mol. The van der Waals surface area contributed by atoms with Gasteiger partial charge in [-0.05, 0) is 12.1 Å². The van der Waals surface area contributed by atoms with E-state index in [1.165, 1.54) is 0 Å². The van der Waals surface area contributed by atoms with Crippen LogP contribution in [0.1, 0.15) is 0 Å². The van der Waals surface area contributed by atoms with Gasteiger partial charge in [-0.25, -0.2) is 0 Å². The highest BCUT2D eigenvalue weighted by molar-refractivity contribution is 5.40. The second-order valence-electron chi connectivity index (χ2n) is 4.55. The van der Waals surface area contributed by atoms with Crippen molar-refractivity contribution >= 4 is 0 Å². The van der Waals surface area contributed by atoms with Gasteiger partial charge in [-0.2, -0.15) is 0 Å². The molecule has 2 aliphatic heterocycles. The van der Waals surface area contributed by atoms with Crippen LogP contribution in [-0.2, 0) is 0 Å². The van der Waals surface area contributed by atoms with Crippen molar-refractivity contribution < 1.29 is 9.47 Å². The molecule has 4 heteroatoms. The first kappa shape index (κ1) is 10.9. The Hall–Kier alpha value is -1.26. The summed E-state index contributed by atoms with van der Waals surface area (Å²) in [5.74, 6) is 1.74. The number of nitrogens with one attached hydrogen (secondary N) is 1. The molecule has 0 unspecified atom stereocenters. The van der Waals surface area contributed by atoms with Crippen LogP contribution < -0.4 is 14.8 Å². The molecule has 1 aromatic carbocycles. The molecule has 0 radical (unpaired) electrons. The Balaban J connectivity index is 1.60. The predicted octanol–water partition coefficient (Wildman–Crippen LogP) is 0.732. The summed E-state index contributed by atoms with van der Waals surface area (Å²) in [5.41, 5.74) is 0. The number of hydrogen-bond donors (Lipinski definition) is 1. The third kappa shape index (κ3) is 2.53. The lowest BCUT2D eigenvalue weighted by Gasteiger charge is -2.33. The van der Waals surface area contributed by atoms with Crippen molar-refractivity contribution in [2.24, 2.45) is 0 Å². The molecule has 0 amide bonds. The van der Waals surface area contributed by atoms with Gasteiger partial charge in [0, 0.05) is 32.7 Å². The molecule has 1 fully saturated rings. The predicted molar refractivity (Wildman–Crippen MR) is 65.7 cm³/mol. The Labute approximate surface area is 102 Å². The van der Waals surface area contributed by atoms with Gasteiger partial charge in [-0.15, -0.1) is 0 Å². The molecule has 1 atom stereocenters. The lowest BCUT2D eigenvalue weighted by atomic mass is 10.2. The van der Waals surface area contributed by atoms with Crippen LogP contribution in [-0.4, -0.2) is 50.3 Å². The Morgan fingerprint density at radius 2 is 1.94 bits per heavy atom. The molecule has 1 aromatic rings. The molecule has 0 spiro atoms. The number of nitrogens with zero attached hydrogens (tertiary/aromatic N) is 1. The molecule has 0 aliphatic carbocycles. The molecule has 17 heavy (non-hydrogen) atoms. The van der Waals surface area contributed by atoms with Crippen LogP contribution in [0.25, 0.3) is 0 Å². The van der Waals surface area contributed by atoms with Crippen LogP contribution in [0.5, 0.6) is 11.5 Å². The monoisotopic (exact) mass is 234 g/mol. The van der Waals surface area contributed by atoms with E-state index in [4.69, 9.17) is 9.47 Å². The van der Waals surface area contributed by atoms with E-state index in [1.807, 2.05) is 24.3 Å². The maximum absolute atomic E-state index is 5.95. The number of para-hydroxylation sites is 2. The standard InChI is InChI=1S/C13H18N2O2/c1-2-4-13-12(3-1)16-10-11(17-13)9-15-7-5-14-6-8-15/h1-4,11,14H,5-10H2/t11-/m0/s1. The van der Waals surface area contributed by atoms with Crippen molar-refractivity contribution in [3.63, 3.8) is 0 Å². The number of rotatable bonds is 2. The fourth-order valence-electron chi connectivity index (χ4n) is 2.33. The van der Waals surface area contributed by atoms with E-state index in [0.717, 1.165) is 44.2 Å². The molecule has 4 nitrogen and oxygen atoms in total. The van der Waals surface area contributed by atoms with Gasteiger partial charge in [0.2, 0.25) is 0 Å². The number of hydrogen-bond acceptors (Lipinski definition) is 4. The van der Waals surface area contributed by atoms with E-state index in [9.17, 15) is 0 Å². The summed E-state index contributed by atoms with van der Waals surface area (Å²) in [6, 6.07) is 7.88. The molecule has 2 heterocycles. The van der Waals surface area contributed by atoms with E-state index in [0.29, 0.717) is 6.61 Å². The van der Waals surface area contributed by atoms with E-state index >= 15 is 0 Å². The summed E-state index contributed by atoms with van der Waals surface area (Å²) in [7, 11) is 0. The molecular formula is C13H18N2O2. The van der Waals surface area contributed by atoms with Gasteiger partial charge >= 0.3 is 0 Å². The van der Waals surface area contributed by atoms with Gasteiger partial charge < -0.3 is 14.8 Å². The molecule has 0 saturated carbocycles. The third-order valence-corrected chi connectivity index (χ3v) is 3.24. The van der Waals surface area contributed by atoms with Crippen molar-refractivity contribution in [2.75, 3.05) is 39.3 Å². The van der Waals surface area contributed by atoms with Gasteiger partial charge in [-0.3, -0.25) is 4.90 Å². The number of fused-ring (bicyclic) bond motifs is 1. The van der Waals surface area contributed by atoms with Crippen molar-refractivity contribution in [3.05, 3.63) is 24.3 Å². The van der Waals surface area contributed by atoms with Crippen LogP contribution in [0.3, 0.4) is 0 Å². The van der Waals surface area contributed by atoms with Crippen molar-refractivity contribution in [3.8, 4) is 11.5 Å². The second kappa shape index (κ2) is 4.94. The molecule has 3 rings (SSSR count). The van der Waals surface area contributed by atoms with Crippen LogP contribution in [0, 0.1) is 0 Å². The highest BCUT2D eigenvalue weighted by atomic mass is 16.6. The fourth-order valence-corrected chi connectivity index (χ4v) is 2.33. The van der Waals surface area contributed by atoms with E-state index < -0.39 is 0 Å². The van der Waals surface area contributed by atoms with Crippen LogP contribution >= 0.6 is 0 Å². The van der Waals surface area contributed by atoms with Gasteiger partial charge in [0.25, 0.3) is 0 Å². The number of piperazine rings is 1. The zero-order valence-corrected chi connectivity index (χ0v) is 9.89. The van der Waals surface area contributed by atoms with Crippen LogP contribution in [0.2, 0.25) is 0 Å². The lowest BCUT2D eigenvalue weighted by Crippen LogP contribution is -2.49. The average molecular weight is 234 g/mol. The molecule has 1 N–H and O–H groups in total. The third-order valence-electron chi connectivity index (χ3n) is 3.24. The van der Waals surface area contributed by atoms with Crippen molar-refractivity contribution in [1.29, 1.82) is 0 Å². The first-order valence-corrected chi connectivity index (χ1v) is 6.23. The van der Waals surface area contributed by atoms with Gasteiger partial charge in [0.05, 0.1) is 0 Å². The summed E-state index contributed by atoms with van der Waals surface area (Å²) in [6.45, 7) is 5.95. The first-order chi connectivity index (χ1) is 8.42. The minimum absolute atomic E-state index is 0.156. The van der Waals surface area contributed by atoms with E-state index in [2.05, 4.69) is 10.2 Å². The van der Waals surface area contributed by atoms with E-state index in [-0.39, 0.29) is 6.10 Å². The summed E-state index contributed by atoms with van der Waals surface area (Å²) >= 11 is 0. The van der Waals surface area contributed by atoms with Crippen LogP contribution in [0.15, 0.2) is 24.3 Å². The zero-order valence-electron chi connectivity index (χ0n) is 9.89. The zero-order chi connectivity index (χ0) is 11.5. The number of benzene rings is 1. The maximum atomic E-state index is 5.95. The normalized spacial score (nSPS) is 24.6. The minimum Gasteiger partial charge on any atom is -0.486 e. The fraction of sp³-hybridized carbons (Fsp3) is 0.538. The average Bonchev–Trinajstić information content (AvgIpc) is 2.40. The maximum Gasteiger partial charge on any atom is 0.161 e. The first-order valence-electron chi connectivity index (χ1n) is 6.23. The largest absolute Gasteiger partial charge is 0.486 e. The Morgan fingerprint density at radius 3 is 2.76 bits per heavy atom. The SMILES string of the molecule is c1ccc2c(c1)OC[C@H](CN1CCNCC1)O2. The number of ether oxygens (including phenoxy) is 2. The highest BCUT2D eigenvalue weighted by Crippen LogP contribution is 2.30. The molecule has 92 valence electrons. The molecule has 1 saturated heterocycles. The Bertz CT molecular complexity index is 377. The summed E-state index contributed by atoms with van der Waals surface area (Å²) in [4.78, 5) is 2.43. The summed E-state index contributed by atoms with van der Waals surface area (Å²) in [6.07, 6.45) is 0.156. The molecule has 0 bridgehead atoms. The molecule has 2 aliphatic rings. The Kier molecular flexibility index (Phi) is 3.16. The van der Waals surface area contributed by atoms with Gasteiger partial charge in [0.15, 0.2) is 11.5 Å². The smallest absolute Gasteiger partial charge is 0.161 e. The summed E-state index contributed by atoms with van der Waals surface area (Å²) in [5, 5.41) is 3.35. The highest BCUT2D eigenvalue weighted by Gasteiger charge is 2.23. The second-order valence-corrected chi connectivity index (χ2v) is 4.55.